The summed E-state index contributed by atoms with van der Waals surface area (Å²) >= 11 is 0. The predicted molar refractivity (Wildman–Crippen MR) is 115 cm³/mol. The Labute approximate surface area is 172 Å². The number of fused-ring (bicyclic) bond motifs is 2. The molecule has 9 heteroatoms. The predicted octanol–water partition coefficient (Wildman–Crippen LogP) is 5.01. The van der Waals surface area contributed by atoms with E-state index in [-0.39, 0.29) is 5.69 Å². The minimum absolute atomic E-state index is 0.0467. The fraction of sp³-hybridized carbons (Fsp3) is 0. The Morgan fingerprint density at radius 1 is 0.800 bits per heavy atom. The molecule has 0 saturated heterocycles. The minimum atomic E-state index is -4.79. The Morgan fingerprint density at radius 2 is 1.37 bits per heavy atom. The third-order valence-corrected chi connectivity index (χ3v) is 5.15. The van der Waals surface area contributed by atoms with E-state index in [9.17, 15) is 17.8 Å². The van der Waals surface area contributed by atoms with Crippen LogP contribution >= 0.6 is 0 Å². The van der Waals surface area contributed by atoms with Gasteiger partial charge in [0.15, 0.2) is 0 Å². The Balaban J connectivity index is 1.57. The van der Waals surface area contributed by atoms with Gasteiger partial charge in [-0.15, -0.1) is 5.11 Å². The first-order chi connectivity index (χ1) is 14.4. The molecular formula is C21H16N4O4S. The SMILES string of the molecule is O=C(N=Nc1ccc2ccccc2c1)NN(c1ccc2ccccc2c1)S(=O)(=O)O. The highest BCUT2D eigenvalue weighted by Gasteiger charge is 2.22. The number of hydrogen-bond acceptors (Lipinski definition) is 4. The molecule has 0 spiro atoms. The lowest BCUT2D eigenvalue weighted by Gasteiger charge is -2.20. The monoisotopic (exact) mass is 420 g/mol. The number of carbonyl (C=O) groups excluding carboxylic acids is 1. The van der Waals surface area contributed by atoms with Crippen LogP contribution in [0.25, 0.3) is 21.5 Å². The summed E-state index contributed by atoms with van der Waals surface area (Å²) in [5.41, 5.74) is 2.51. The average Bonchev–Trinajstić information content (AvgIpc) is 2.75. The number of hydrogen-bond donors (Lipinski definition) is 2. The smallest absolute Gasteiger partial charge is 0.268 e. The maximum atomic E-state index is 12.2. The number of nitrogens with one attached hydrogen (secondary N) is 1. The fourth-order valence-electron chi connectivity index (χ4n) is 3.01. The molecule has 4 aromatic rings. The van der Waals surface area contributed by atoms with E-state index in [1.165, 1.54) is 12.1 Å². The molecular weight excluding hydrogens is 404 g/mol. The van der Waals surface area contributed by atoms with Crippen LogP contribution in [0, 0.1) is 0 Å². The van der Waals surface area contributed by atoms with E-state index in [1.54, 1.807) is 30.3 Å². The Kier molecular flexibility index (Phi) is 5.13. The van der Waals surface area contributed by atoms with Gasteiger partial charge in [-0.05, 0) is 45.8 Å². The molecule has 0 heterocycles. The van der Waals surface area contributed by atoms with Crippen molar-refractivity contribution in [2.45, 2.75) is 0 Å². The van der Waals surface area contributed by atoms with E-state index >= 15 is 0 Å². The minimum Gasteiger partial charge on any atom is -0.268 e. The maximum Gasteiger partial charge on any atom is 0.379 e. The summed E-state index contributed by atoms with van der Waals surface area (Å²) in [6.45, 7) is 0. The van der Waals surface area contributed by atoms with Crippen LogP contribution in [0.5, 0.6) is 0 Å². The molecule has 0 saturated carbocycles. The third-order valence-electron chi connectivity index (χ3n) is 4.38. The van der Waals surface area contributed by atoms with Gasteiger partial charge in [-0.2, -0.15) is 12.8 Å². The topological polar surface area (TPSA) is 111 Å². The number of anilines is 1. The lowest BCUT2D eigenvalue weighted by Crippen LogP contribution is -2.45. The van der Waals surface area contributed by atoms with Crippen LogP contribution in [-0.4, -0.2) is 19.0 Å². The Morgan fingerprint density at radius 3 is 2.00 bits per heavy atom. The third kappa shape index (κ3) is 4.27. The number of hydrazine groups is 1. The van der Waals surface area contributed by atoms with Crippen molar-refractivity contribution in [1.82, 2.24) is 5.43 Å². The molecule has 30 heavy (non-hydrogen) atoms. The van der Waals surface area contributed by atoms with Crippen LogP contribution in [0.4, 0.5) is 16.2 Å². The number of azo groups is 1. The zero-order valence-corrected chi connectivity index (χ0v) is 16.3. The summed E-state index contributed by atoms with van der Waals surface area (Å²) < 4.78 is 33.6. The summed E-state index contributed by atoms with van der Waals surface area (Å²) in [7, 11) is -4.79. The molecule has 0 aliphatic carbocycles. The Hall–Kier alpha value is -3.82. The molecule has 4 rings (SSSR count). The van der Waals surface area contributed by atoms with Gasteiger partial charge in [0.2, 0.25) is 0 Å². The molecule has 0 fully saturated rings. The van der Waals surface area contributed by atoms with Crippen molar-refractivity contribution in [1.29, 1.82) is 0 Å². The van der Waals surface area contributed by atoms with Crippen molar-refractivity contribution >= 4 is 49.3 Å². The maximum absolute atomic E-state index is 12.2. The highest BCUT2D eigenvalue weighted by molar-refractivity contribution is 7.87. The number of nitrogens with zero attached hydrogens (tertiary/aromatic N) is 3. The summed E-state index contributed by atoms with van der Waals surface area (Å²) in [6.07, 6.45) is 0. The zero-order chi connectivity index (χ0) is 21.1. The van der Waals surface area contributed by atoms with Crippen molar-refractivity contribution < 1.29 is 17.8 Å². The van der Waals surface area contributed by atoms with Gasteiger partial charge >= 0.3 is 16.3 Å². The quantitative estimate of drug-likeness (QED) is 0.274. The first-order valence-electron chi connectivity index (χ1n) is 8.88. The molecule has 0 aromatic heterocycles. The van der Waals surface area contributed by atoms with Crippen LogP contribution in [0.3, 0.4) is 0 Å². The van der Waals surface area contributed by atoms with Gasteiger partial charge in [-0.3, -0.25) is 4.55 Å². The lowest BCUT2D eigenvalue weighted by atomic mass is 10.1. The van der Waals surface area contributed by atoms with Gasteiger partial charge in [0, 0.05) is 0 Å². The first-order valence-corrected chi connectivity index (χ1v) is 10.3. The molecule has 0 atom stereocenters. The van der Waals surface area contributed by atoms with Crippen LogP contribution in [-0.2, 0) is 10.3 Å². The highest BCUT2D eigenvalue weighted by Crippen LogP contribution is 2.23. The number of amides is 2. The van der Waals surface area contributed by atoms with Crippen molar-refractivity contribution in [3.63, 3.8) is 0 Å². The van der Waals surface area contributed by atoms with E-state index in [4.69, 9.17) is 0 Å². The van der Waals surface area contributed by atoms with Gasteiger partial charge in [-0.1, -0.05) is 65.8 Å². The van der Waals surface area contributed by atoms with Gasteiger partial charge in [0.05, 0.1) is 11.4 Å². The van der Waals surface area contributed by atoms with Crippen molar-refractivity contribution in [3.8, 4) is 0 Å². The molecule has 0 unspecified atom stereocenters. The van der Waals surface area contributed by atoms with E-state index in [0.717, 1.165) is 21.5 Å². The molecule has 0 radical (unpaired) electrons. The molecule has 4 aromatic carbocycles. The fourth-order valence-corrected chi connectivity index (χ4v) is 3.58. The molecule has 2 N–H and O–H groups in total. The van der Waals surface area contributed by atoms with E-state index < -0.39 is 16.3 Å². The van der Waals surface area contributed by atoms with Crippen LogP contribution < -0.4 is 9.84 Å². The second kappa shape index (κ2) is 7.90. The molecule has 8 nitrogen and oxygen atoms in total. The van der Waals surface area contributed by atoms with Gasteiger partial charge in [0.1, 0.15) is 0 Å². The molecule has 2 amide bonds. The zero-order valence-electron chi connectivity index (χ0n) is 15.5. The summed E-state index contributed by atoms with van der Waals surface area (Å²) in [6, 6.07) is 23.7. The van der Waals surface area contributed by atoms with Crippen molar-refractivity contribution in [2.75, 3.05) is 4.41 Å². The van der Waals surface area contributed by atoms with E-state index in [1.807, 2.05) is 47.9 Å². The first kappa shape index (κ1) is 19.5. The molecule has 150 valence electrons. The molecule has 0 aliphatic heterocycles. The number of urea groups is 1. The van der Waals surface area contributed by atoms with E-state index in [2.05, 4.69) is 10.2 Å². The van der Waals surface area contributed by atoms with Crippen LogP contribution in [0.15, 0.2) is 95.2 Å². The summed E-state index contributed by atoms with van der Waals surface area (Å²) in [5.74, 6) is 0. The normalized spacial score (nSPS) is 11.8. The standard InChI is InChI=1S/C21H16N4O4S/c26-21(23-22-19-11-9-15-5-1-3-7-17(15)13-19)24-25(30(27,28)29)20-12-10-16-6-2-4-8-18(16)14-20/h1-14H,(H,24,26)(H,27,28,29). The van der Waals surface area contributed by atoms with Crippen molar-refractivity contribution in [2.24, 2.45) is 10.2 Å². The average molecular weight is 420 g/mol. The summed E-state index contributed by atoms with van der Waals surface area (Å²) in [4.78, 5) is 12.2. The van der Waals surface area contributed by atoms with E-state index in [0.29, 0.717) is 10.1 Å². The number of rotatable bonds is 4. The molecule has 0 bridgehead atoms. The Bertz CT molecular complexity index is 1390. The van der Waals surface area contributed by atoms with Gasteiger partial charge in [0.25, 0.3) is 0 Å². The van der Waals surface area contributed by atoms with Crippen LogP contribution in [0.1, 0.15) is 0 Å². The van der Waals surface area contributed by atoms with Gasteiger partial charge < -0.3 is 0 Å². The lowest BCUT2D eigenvalue weighted by molar-refractivity contribution is 0.248. The number of benzene rings is 4. The highest BCUT2D eigenvalue weighted by atomic mass is 32.2. The molecule has 0 aliphatic rings. The summed E-state index contributed by atoms with van der Waals surface area (Å²) in [5, 5.41) is 10.9. The second-order valence-electron chi connectivity index (χ2n) is 6.42. The van der Waals surface area contributed by atoms with Crippen molar-refractivity contribution in [3.05, 3.63) is 84.9 Å². The second-order valence-corrected chi connectivity index (χ2v) is 7.68. The largest absolute Gasteiger partial charge is 0.379 e. The van der Waals surface area contributed by atoms with Gasteiger partial charge in [-0.25, -0.2) is 10.2 Å². The number of carbonyl (C=O) groups is 1. The van der Waals surface area contributed by atoms with Crippen LogP contribution in [0.2, 0.25) is 0 Å².